The van der Waals surface area contributed by atoms with Crippen molar-refractivity contribution in [3.8, 4) is 11.1 Å². The maximum Gasteiger partial charge on any atom is 0.0384 e. The molecule has 0 radical (unpaired) electrons. The van der Waals surface area contributed by atoms with Crippen LogP contribution in [-0.4, -0.2) is 0 Å². The average molecular weight is 675 g/mol. The van der Waals surface area contributed by atoms with E-state index < -0.39 is 0 Å². The largest absolute Gasteiger partial charge is 0.365 e. The zero-order valence-corrected chi connectivity index (χ0v) is 31.2. The van der Waals surface area contributed by atoms with Crippen LogP contribution in [0.4, 0.5) is 11.4 Å². The van der Waals surface area contributed by atoms with Gasteiger partial charge in [0.2, 0.25) is 0 Å². The smallest absolute Gasteiger partial charge is 0.0384 e. The third kappa shape index (κ3) is 8.85. The van der Waals surface area contributed by atoms with E-state index in [-0.39, 0.29) is 5.41 Å². The topological polar surface area (TPSA) is 24.1 Å². The number of anilines is 2. The summed E-state index contributed by atoms with van der Waals surface area (Å²) >= 11 is 0. The summed E-state index contributed by atoms with van der Waals surface area (Å²) in [5.41, 5.74) is 15.1. The van der Waals surface area contributed by atoms with Crippen molar-refractivity contribution in [2.24, 2.45) is 0 Å². The first kappa shape index (κ1) is 36.2. The Hall–Kier alpha value is -4.56. The fourth-order valence-corrected chi connectivity index (χ4v) is 8.33. The van der Waals surface area contributed by atoms with Gasteiger partial charge in [0.1, 0.15) is 0 Å². The Bertz CT molecular complexity index is 1800. The molecule has 264 valence electrons. The van der Waals surface area contributed by atoms with Gasteiger partial charge in [-0.3, -0.25) is 0 Å². The van der Waals surface area contributed by atoms with Gasteiger partial charge in [-0.1, -0.05) is 145 Å². The quantitative estimate of drug-likeness (QED) is 0.104. The maximum atomic E-state index is 4.28. The van der Waals surface area contributed by atoms with Gasteiger partial charge in [-0.25, -0.2) is 0 Å². The van der Waals surface area contributed by atoms with E-state index in [2.05, 4.69) is 153 Å². The molecule has 3 aromatic carbocycles. The zero-order chi connectivity index (χ0) is 35.3. The molecule has 2 nitrogen and oxygen atoms in total. The molecule has 0 heterocycles. The molecule has 6 rings (SSSR count). The Kier molecular flexibility index (Phi) is 12.9. The Balaban J connectivity index is 1.34. The second-order valence-corrected chi connectivity index (χ2v) is 14.6. The number of hydrogen-bond acceptors (Lipinski definition) is 2. The first-order valence-electron chi connectivity index (χ1n) is 19.8. The van der Waals surface area contributed by atoms with Crippen LogP contribution < -0.4 is 10.6 Å². The molecule has 3 aliphatic rings. The van der Waals surface area contributed by atoms with Gasteiger partial charge < -0.3 is 10.6 Å². The van der Waals surface area contributed by atoms with E-state index in [0.717, 1.165) is 37.1 Å². The molecule has 3 aliphatic carbocycles. The molecule has 2 heteroatoms. The van der Waals surface area contributed by atoms with E-state index in [1.807, 2.05) is 0 Å². The van der Waals surface area contributed by atoms with Gasteiger partial charge in [-0.2, -0.15) is 0 Å². The molecule has 0 bridgehead atoms. The summed E-state index contributed by atoms with van der Waals surface area (Å²) in [7, 11) is 0. The summed E-state index contributed by atoms with van der Waals surface area (Å²) in [6.07, 6.45) is 34.7. The first-order chi connectivity index (χ1) is 25.1. The van der Waals surface area contributed by atoms with Crippen LogP contribution in [-0.2, 0) is 5.41 Å². The zero-order valence-electron chi connectivity index (χ0n) is 31.2. The highest BCUT2D eigenvalue weighted by molar-refractivity contribution is 5.86. The summed E-state index contributed by atoms with van der Waals surface area (Å²) in [5.74, 6) is 0. The molecule has 0 spiro atoms. The molecule has 2 N–H and O–H groups in total. The summed E-state index contributed by atoms with van der Waals surface area (Å²) in [6, 6.07) is 26.8. The molecule has 0 saturated carbocycles. The molecule has 3 aromatic rings. The second kappa shape index (κ2) is 18.1. The SMILES string of the molecule is C=C/C(=C\C=C\NC1=CC=CCC1)C1=CC2=C(CC1)c1ccc(-c3ccc(Nc4ccccc4)cc3)cc1C2(CCCCCC)CCCCCC. The summed E-state index contributed by atoms with van der Waals surface area (Å²) < 4.78 is 0. The predicted octanol–water partition coefficient (Wildman–Crippen LogP) is 14.2. The Morgan fingerprint density at radius 3 is 2.20 bits per heavy atom. The van der Waals surface area contributed by atoms with Crippen molar-refractivity contribution in [2.75, 3.05) is 5.32 Å². The molecule has 0 unspecified atom stereocenters. The number of allylic oxidation sites excluding steroid dienone is 12. The number of hydrogen-bond donors (Lipinski definition) is 2. The van der Waals surface area contributed by atoms with E-state index in [4.69, 9.17) is 0 Å². The lowest BCUT2D eigenvalue weighted by atomic mass is 9.68. The molecule has 0 aromatic heterocycles. The summed E-state index contributed by atoms with van der Waals surface area (Å²) in [5, 5.41) is 7.03. The minimum absolute atomic E-state index is 0.0489. The van der Waals surface area contributed by atoms with E-state index in [1.165, 1.54) is 97.7 Å². The van der Waals surface area contributed by atoms with Crippen molar-refractivity contribution in [1.29, 1.82) is 0 Å². The number of unbranched alkanes of at least 4 members (excludes halogenated alkanes) is 6. The van der Waals surface area contributed by atoms with E-state index in [0.29, 0.717) is 0 Å². The minimum Gasteiger partial charge on any atom is -0.365 e. The lowest BCUT2D eigenvalue weighted by Crippen LogP contribution is -2.27. The van der Waals surface area contributed by atoms with Crippen molar-refractivity contribution in [3.63, 3.8) is 0 Å². The number of nitrogens with one attached hydrogen (secondary N) is 2. The summed E-state index contributed by atoms with van der Waals surface area (Å²) in [6.45, 7) is 8.93. The third-order valence-electron chi connectivity index (χ3n) is 11.1. The molecular formula is C49H58N2. The van der Waals surface area contributed by atoms with Crippen molar-refractivity contribution in [2.45, 2.75) is 109 Å². The fraction of sp³-hybridized carbons (Fsp3) is 0.347. The lowest BCUT2D eigenvalue weighted by Gasteiger charge is -2.35. The van der Waals surface area contributed by atoms with Gasteiger partial charge in [0.05, 0.1) is 0 Å². The van der Waals surface area contributed by atoms with Gasteiger partial charge in [0.25, 0.3) is 0 Å². The number of benzene rings is 3. The predicted molar refractivity (Wildman–Crippen MR) is 222 cm³/mol. The van der Waals surface area contributed by atoms with Crippen LogP contribution in [0.5, 0.6) is 0 Å². The standard InChI is InChI=1S/C49H58N2/c1-4-7-9-17-33-49(34-18-10-8-5-2)47-36-40(38(6-3)20-19-35-50-42-21-13-11-14-22-42)27-31-45(47)46-32-28-41(37-48(46)49)39-25-29-44(30-26-39)51-43-23-15-12-16-24-43/h6,11-13,15-16,19-21,23-26,28-30,32,35-37,50-51H,3-5,7-10,14,17-18,22,27,31,33-34H2,1-2H3/b35-19+,38-20+. The molecule has 0 amide bonds. The highest BCUT2D eigenvalue weighted by atomic mass is 14.9. The lowest BCUT2D eigenvalue weighted by molar-refractivity contribution is 0.397. The molecule has 0 atom stereocenters. The van der Waals surface area contributed by atoms with E-state index >= 15 is 0 Å². The number of rotatable bonds is 18. The minimum atomic E-state index is 0.0489. The molecule has 0 saturated heterocycles. The normalized spacial score (nSPS) is 16.5. The second-order valence-electron chi connectivity index (χ2n) is 14.6. The van der Waals surface area contributed by atoms with Gasteiger partial charge in [0.15, 0.2) is 0 Å². The fourth-order valence-electron chi connectivity index (χ4n) is 8.33. The first-order valence-corrected chi connectivity index (χ1v) is 19.8. The van der Waals surface area contributed by atoms with Crippen LogP contribution >= 0.6 is 0 Å². The molecule has 0 fully saturated rings. The average Bonchev–Trinajstić information content (AvgIpc) is 3.44. The van der Waals surface area contributed by atoms with Crippen LogP contribution in [0.25, 0.3) is 16.7 Å². The molecule has 51 heavy (non-hydrogen) atoms. The van der Waals surface area contributed by atoms with Crippen LogP contribution in [0.2, 0.25) is 0 Å². The van der Waals surface area contributed by atoms with Crippen LogP contribution in [0.15, 0.2) is 151 Å². The number of para-hydroxylation sites is 1. The van der Waals surface area contributed by atoms with Gasteiger partial charge in [-0.15, -0.1) is 0 Å². The van der Waals surface area contributed by atoms with Crippen LogP contribution in [0, 0.1) is 0 Å². The van der Waals surface area contributed by atoms with Crippen molar-refractivity contribution >= 4 is 16.9 Å². The number of fused-ring (bicyclic) bond motifs is 2. The van der Waals surface area contributed by atoms with Gasteiger partial charge >= 0.3 is 0 Å². The molecular weight excluding hydrogens is 617 g/mol. The van der Waals surface area contributed by atoms with Crippen molar-refractivity contribution in [1.82, 2.24) is 5.32 Å². The molecule has 0 aliphatic heterocycles. The van der Waals surface area contributed by atoms with Crippen molar-refractivity contribution in [3.05, 3.63) is 162 Å². The maximum absolute atomic E-state index is 4.28. The van der Waals surface area contributed by atoms with E-state index in [1.54, 1.807) is 16.7 Å². The van der Waals surface area contributed by atoms with Gasteiger partial charge in [-0.05, 0) is 126 Å². The van der Waals surface area contributed by atoms with E-state index in [9.17, 15) is 0 Å². The Morgan fingerprint density at radius 2 is 1.51 bits per heavy atom. The van der Waals surface area contributed by atoms with Crippen molar-refractivity contribution < 1.29 is 0 Å². The van der Waals surface area contributed by atoms with Crippen LogP contribution in [0.3, 0.4) is 0 Å². The van der Waals surface area contributed by atoms with Gasteiger partial charge in [0, 0.05) is 28.7 Å². The Morgan fingerprint density at radius 1 is 0.784 bits per heavy atom. The summed E-state index contributed by atoms with van der Waals surface area (Å²) in [4.78, 5) is 0. The highest BCUT2D eigenvalue weighted by Gasteiger charge is 2.44. The monoisotopic (exact) mass is 674 g/mol. The Labute approximate surface area is 308 Å². The van der Waals surface area contributed by atoms with Crippen LogP contribution in [0.1, 0.15) is 115 Å². The highest BCUT2D eigenvalue weighted by Crippen LogP contribution is 2.57. The third-order valence-corrected chi connectivity index (χ3v) is 11.1.